The maximum atomic E-state index is 13.2. The minimum Gasteiger partial charge on any atom is -0.414 e. The van der Waals surface area contributed by atoms with Gasteiger partial charge in [-0.15, -0.1) is 0 Å². The van der Waals surface area contributed by atoms with E-state index in [1.54, 1.807) is 18.2 Å². The van der Waals surface area contributed by atoms with Crippen LogP contribution in [0.25, 0.3) is 5.69 Å². The molecule has 0 aliphatic heterocycles. The highest BCUT2D eigenvalue weighted by Crippen LogP contribution is 2.39. The van der Waals surface area contributed by atoms with E-state index in [-0.39, 0.29) is 34.4 Å². The second-order valence-electron chi connectivity index (χ2n) is 9.33. The molecule has 0 fully saturated rings. The van der Waals surface area contributed by atoms with Crippen LogP contribution in [0.1, 0.15) is 56.1 Å². The van der Waals surface area contributed by atoms with Gasteiger partial charge in [-0.05, 0) is 41.3 Å². The molecule has 0 saturated carbocycles. The summed E-state index contributed by atoms with van der Waals surface area (Å²) in [5.74, 6) is -0.376. The molecule has 0 spiro atoms. The summed E-state index contributed by atoms with van der Waals surface area (Å²) in [4.78, 5) is 13.2. The van der Waals surface area contributed by atoms with Crippen LogP contribution in [0.15, 0.2) is 54.7 Å². The molecule has 1 heterocycles. The summed E-state index contributed by atoms with van der Waals surface area (Å²) in [6, 6.07) is 13.2. The molecule has 0 amide bonds. The van der Waals surface area contributed by atoms with Crippen molar-refractivity contribution < 1.29 is 13.6 Å². The lowest BCUT2D eigenvalue weighted by Crippen LogP contribution is -2.44. The third-order valence-corrected chi connectivity index (χ3v) is 5.79. The van der Waals surface area contributed by atoms with Crippen LogP contribution < -0.4 is 5.73 Å². The van der Waals surface area contributed by atoms with Gasteiger partial charge < -0.3 is 10.2 Å². The number of aromatic nitrogens is 2. The molecule has 0 aliphatic carbocycles. The Morgan fingerprint density at radius 3 is 2.35 bits per heavy atom. The first-order valence-corrected chi connectivity index (χ1v) is 10.4. The summed E-state index contributed by atoms with van der Waals surface area (Å²) in [7, 11) is 3.24. The summed E-state index contributed by atoms with van der Waals surface area (Å²) in [5, 5.41) is 4.23. The van der Waals surface area contributed by atoms with E-state index in [4.69, 9.17) is 10.2 Å². The highest BCUT2D eigenvalue weighted by molar-refractivity contribution is 6.11. The number of carbonyl (C=O) groups is 1. The average Bonchev–Trinajstić information content (AvgIpc) is 3.08. The largest absolute Gasteiger partial charge is 0.414 e. The first-order chi connectivity index (χ1) is 14.5. The Labute approximate surface area is 186 Å². The number of benzene rings is 2. The molecule has 5 nitrogen and oxygen atoms in total. The third-order valence-electron chi connectivity index (χ3n) is 5.55. The van der Waals surface area contributed by atoms with E-state index < -0.39 is 0 Å². The number of nitrogen functional groups attached to an aromatic ring is 1. The Balaban J connectivity index is 1.97. The molecule has 31 heavy (non-hydrogen) atoms. The summed E-state index contributed by atoms with van der Waals surface area (Å²) >= 11 is 0. The number of nitrogens with zero attached hydrogens (tertiary/aromatic N) is 2. The molecule has 3 aromatic rings. The lowest BCUT2D eigenvalue weighted by Gasteiger charge is -2.42. The smallest absolute Gasteiger partial charge is 0.246 e. The second kappa shape index (κ2) is 8.40. The molecule has 3 rings (SSSR count). The molecule has 1 aromatic heterocycles. The molecule has 161 valence electrons. The van der Waals surface area contributed by atoms with Crippen molar-refractivity contribution in [3.05, 3.63) is 77.2 Å². The summed E-state index contributed by atoms with van der Waals surface area (Å²) in [6.45, 7) is 10.5. The minimum absolute atomic E-state index is 0.133. The van der Waals surface area contributed by atoms with Gasteiger partial charge in [-0.1, -0.05) is 52.8 Å². The van der Waals surface area contributed by atoms with Gasteiger partial charge in [0.15, 0.2) is 5.78 Å². The molecule has 3 radical (unpaired) electrons. The molecule has 1 atom stereocenters. The monoisotopic (exact) mass is 436 g/mol. The first-order valence-electron chi connectivity index (χ1n) is 10.0. The lowest BCUT2D eigenvalue weighted by molar-refractivity contribution is 0.0347. The number of hydrogen-bond donors (Lipinski definition) is 1. The summed E-state index contributed by atoms with van der Waals surface area (Å²) in [6.07, 6.45) is 1.30. The van der Waals surface area contributed by atoms with Gasteiger partial charge in [0.25, 0.3) is 0 Å². The van der Waals surface area contributed by atoms with E-state index in [1.165, 1.54) is 23.0 Å². The van der Waals surface area contributed by atoms with Crippen LogP contribution in [0.2, 0.25) is 0 Å². The van der Waals surface area contributed by atoms with Crippen molar-refractivity contribution in [2.45, 2.75) is 46.1 Å². The molecule has 0 aliphatic rings. The fraction of sp³-hybridized carbons (Fsp3) is 0.333. The summed E-state index contributed by atoms with van der Waals surface area (Å²) < 4.78 is 20.3. The molecule has 2 N–H and O–H groups in total. The van der Waals surface area contributed by atoms with Gasteiger partial charge in [-0.25, -0.2) is 9.07 Å². The normalized spacial score (nSPS) is 13.3. The van der Waals surface area contributed by atoms with Crippen molar-refractivity contribution in [2.75, 3.05) is 5.73 Å². The molecular weight excluding hydrogens is 409 g/mol. The second-order valence-corrected chi connectivity index (χ2v) is 9.56. The van der Waals surface area contributed by atoms with Gasteiger partial charge in [-0.2, -0.15) is 5.10 Å². The minimum atomic E-state index is -0.375. The van der Waals surface area contributed by atoms with Crippen molar-refractivity contribution in [3.63, 3.8) is 0 Å². The Hall–Kier alpha value is -2.77. The van der Waals surface area contributed by atoms with E-state index in [0.717, 1.165) is 5.56 Å². The van der Waals surface area contributed by atoms with Crippen LogP contribution in [-0.2, 0) is 9.84 Å². The number of nitrogens with two attached hydrogens (primary N) is 1. The van der Waals surface area contributed by atoms with E-state index in [2.05, 4.69) is 50.2 Å². The maximum absolute atomic E-state index is 13.2. The van der Waals surface area contributed by atoms with E-state index in [0.29, 0.717) is 16.8 Å². The van der Waals surface area contributed by atoms with Crippen LogP contribution in [0, 0.1) is 11.2 Å². The quantitative estimate of drug-likeness (QED) is 0.452. The van der Waals surface area contributed by atoms with Crippen molar-refractivity contribution in [2.24, 2.45) is 5.41 Å². The van der Waals surface area contributed by atoms with Crippen LogP contribution in [0.5, 0.6) is 0 Å². The first kappa shape index (κ1) is 22.9. The molecule has 1 unspecified atom stereocenters. The fourth-order valence-corrected chi connectivity index (χ4v) is 4.74. The highest BCUT2D eigenvalue weighted by Gasteiger charge is 2.39. The highest BCUT2D eigenvalue weighted by atomic mass is 28.2. The van der Waals surface area contributed by atoms with Crippen molar-refractivity contribution in [1.29, 1.82) is 0 Å². The van der Waals surface area contributed by atoms with Crippen LogP contribution >= 0.6 is 0 Å². The zero-order valence-corrected chi connectivity index (χ0v) is 19.4. The zero-order chi connectivity index (χ0) is 23.0. The molecule has 0 saturated heterocycles. The number of hydrogen-bond acceptors (Lipinski definition) is 4. The number of anilines is 1. The molecule has 0 bridgehead atoms. The topological polar surface area (TPSA) is 70.1 Å². The Kier molecular flexibility index (Phi) is 6.20. The van der Waals surface area contributed by atoms with Crippen LogP contribution in [0.4, 0.5) is 10.2 Å². The van der Waals surface area contributed by atoms with E-state index >= 15 is 0 Å². The predicted molar refractivity (Wildman–Crippen MR) is 121 cm³/mol. The van der Waals surface area contributed by atoms with Gasteiger partial charge in [-0.3, -0.25) is 4.79 Å². The van der Waals surface area contributed by atoms with Gasteiger partial charge in [0.1, 0.15) is 11.6 Å². The molecule has 7 heteroatoms. The SMILES string of the molecule is CC(C)(C)C(O[Si])C(C)(C)c1cccc(C(=O)c2cnn(-c3ccc(F)cc3)c2N)c1. The Morgan fingerprint density at radius 1 is 1.13 bits per heavy atom. The Morgan fingerprint density at radius 2 is 1.77 bits per heavy atom. The van der Waals surface area contributed by atoms with Crippen molar-refractivity contribution >= 4 is 22.1 Å². The van der Waals surface area contributed by atoms with Gasteiger partial charge >= 0.3 is 0 Å². The van der Waals surface area contributed by atoms with Gasteiger partial charge in [0.2, 0.25) is 10.5 Å². The number of carbonyl (C=O) groups excluding carboxylic acids is 1. The fourth-order valence-electron chi connectivity index (χ4n) is 4.10. The third kappa shape index (κ3) is 4.47. The predicted octanol–water partition coefficient (Wildman–Crippen LogP) is 4.62. The van der Waals surface area contributed by atoms with E-state index in [9.17, 15) is 9.18 Å². The van der Waals surface area contributed by atoms with E-state index in [1.807, 2.05) is 18.2 Å². The lowest BCUT2D eigenvalue weighted by atomic mass is 9.69. The van der Waals surface area contributed by atoms with Crippen LogP contribution in [0.3, 0.4) is 0 Å². The van der Waals surface area contributed by atoms with Crippen molar-refractivity contribution in [1.82, 2.24) is 9.78 Å². The maximum Gasteiger partial charge on any atom is 0.246 e. The number of rotatable bonds is 6. The van der Waals surface area contributed by atoms with Crippen molar-refractivity contribution in [3.8, 4) is 5.69 Å². The standard InChI is InChI=1S/C24H27FN3O2Si/c1-23(2,3)22(30-31)24(4,5)16-8-6-7-15(13-16)20(29)19-14-27-28(21(19)26)18-11-9-17(25)10-12-18/h6-14,22H,26H2,1-5H3. The van der Waals surface area contributed by atoms with Crippen LogP contribution in [-0.4, -0.2) is 32.2 Å². The molecular formula is C24H27FN3O2Si. The average molecular weight is 437 g/mol. The van der Waals surface area contributed by atoms with Gasteiger partial charge in [0, 0.05) is 11.0 Å². The Bertz CT molecular complexity index is 1080. The zero-order valence-electron chi connectivity index (χ0n) is 18.4. The number of halogens is 1. The number of ketones is 1. The van der Waals surface area contributed by atoms with Gasteiger partial charge in [0.05, 0.1) is 23.6 Å². The summed E-state index contributed by atoms with van der Waals surface area (Å²) in [5.41, 5.74) is 8.07. The molecule has 2 aromatic carbocycles.